The second-order valence-electron chi connectivity index (χ2n) is 12.7. The van der Waals surface area contributed by atoms with Gasteiger partial charge in [0.15, 0.2) is 0 Å². The molecule has 0 spiro atoms. The van der Waals surface area contributed by atoms with Crippen LogP contribution in [0.5, 0.6) is 5.75 Å². The Bertz CT molecular complexity index is 1780. The standard InChI is InChI=1S/C35H41F4N3O7S/c1-6-34(7-2)26-15-14-25(36)20-28(26)42(32(44)49-34)18-17-33(3,4)40-21-30(48-31(43)35(37,38)39)24-13-16-29(27(19-24)41-50(5,45)46)47-22-23-11-9-8-10-12-23/h8-16,19-20,30,40-41H,6-7,17-18,21-22H2,1-5H3. The van der Waals surface area contributed by atoms with E-state index in [4.69, 9.17) is 14.2 Å². The Morgan fingerprint density at radius 1 is 1.02 bits per heavy atom. The number of carbonyl (C=O) groups excluding carboxylic acids is 2. The zero-order valence-electron chi connectivity index (χ0n) is 28.4. The summed E-state index contributed by atoms with van der Waals surface area (Å²) in [5.74, 6) is -2.87. The van der Waals surface area contributed by atoms with Crippen LogP contribution < -0.4 is 19.7 Å². The summed E-state index contributed by atoms with van der Waals surface area (Å²) in [7, 11) is -3.86. The maximum atomic E-state index is 14.4. The fourth-order valence-corrected chi connectivity index (χ4v) is 6.20. The third kappa shape index (κ3) is 9.65. The number of fused-ring (bicyclic) bond motifs is 1. The number of rotatable bonds is 15. The van der Waals surface area contributed by atoms with E-state index in [1.54, 1.807) is 44.2 Å². The van der Waals surface area contributed by atoms with Crippen LogP contribution in [0.4, 0.5) is 33.7 Å². The van der Waals surface area contributed by atoms with Gasteiger partial charge in [0.25, 0.3) is 0 Å². The number of benzene rings is 3. The van der Waals surface area contributed by atoms with Gasteiger partial charge in [-0.25, -0.2) is 22.4 Å². The van der Waals surface area contributed by atoms with Gasteiger partial charge in [-0.05, 0) is 68.5 Å². The van der Waals surface area contributed by atoms with Crippen molar-refractivity contribution in [2.24, 2.45) is 0 Å². The predicted molar refractivity (Wildman–Crippen MR) is 180 cm³/mol. The third-order valence-electron chi connectivity index (χ3n) is 8.50. The molecule has 15 heteroatoms. The minimum absolute atomic E-state index is 0.0450. The fourth-order valence-electron chi connectivity index (χ4n) is 5.64. The molecule has 0 saturated heterocycles. The Hall–Kier alpha value is -4.37. The van der Waals surface area contributed by atoms with Crippen molar-refractivity contribution in [2.45, 2.75) is 77.0 Å². The van der Waals surface area contributed by atoms with Crippen molar-refractivity contribution in [2.75, 3.05) is 29.0 Å². The molecule has 1 amide bonds. The molecule has 4 rings (SSSR count). The zero-order chi connectivity index (χ0) is 36.9. The van der Waals surface area contributed by atoms with E-state index >= 15 is 0 Å². The smallest absolute Gasteiger partial charge is 0.487 e. The molecule has 1 heterocycles. The maximum absolute atomic E-state index is 14.4. The first-order valence-electron chi connectivity index (χ1n) is 16.0. The molecule has 2 N–H and O–H groups in total. The fraction of sp³-hybridized carbons (Fsp3) is 0.429. The van der Waals surface area contributed by atoms with Crippen LogP contribution in [0, 0.1) is 5.82 Å². The lowest BCUT2D eigenvalue weighted by Gasteiger charge is -2.42. The number of alkyl halides is 3. The van der Waals surface area contributed by atoms with Crippen molar-refractivity contribution >= 4 is 33.5 Å². The molecule has 0 fully saturated rings. The summed E-state index contributed by atoms with van der Waals surface area (Å²) in [4.78, 5) is 26.6. The van der Waals surface area contributed by atoms with Gasteiger partial charge < -0.3 is 19.5 Å². The van der Waals surface area contributed by atoms with Crippen LogP contribution in [-0.4, -0.2) is 51.5 Å². The topological polar surface area (TPSA) is 123 Å². The van der Waals surface area contributed by atoms with Crippen LogP contribution >= 0.6 is 0 Å². The number of cyclic esters (lactones) is 1. The number of ether oxygens (including phenoxy) is 3. The van der Waals surface area contributed by atoms with Gasteiger partial charge in [-0.2, -0.15) is 13.2 Å². The molecule has 1 aliphatic rings. The summed E-state index contributed by atoms with van der Waals surface area (Å²) in [6, 6.07) is 17.2. The lowest BCUT2D eigenvalue weighted by molar-refractivity contribution is -0.205. The number of esters is 1. The van der Waals surface area contributed by atoms with Crippen molar-refractivity contribution < 1.29 is 49.8 Å². The lowest BCUT2D eigenvalue weighted by Crippen LogP contribution is -2.49. The summed E-state index contributed by atoms with van der Waals surface area (Å²) in [6.45, 7) is 7.01. The Morgan fingerprint density at radius 3 is 2.32 bits per heavy atom. The van der Waals surface area contributed by atoms with E-state index in [1.165, 1.54) is 35.2 Å². The molecule has 3 aromatic rings. The van der Waals surface area contributed by atoms with Gasteiger partial charge in [0, 0.05) is 24.2 Å². The molecule has 272 valence electrons. The highest BCUT2D eigenvalue weighted by Gasteiger charge is 2.44. The summed E-state index contributed by atoms with van der Waals surface area (Å²) in [5.41, 5.74) is 0.00916. The molecule has 1 aliphatic heterocycles. The first kappa shape index (κ1) is 38.4. The van der Waals surface area contributed by atoms with E-state index in [1.807, 2.05) is 19.9 Å². The van der Waals surface area contributed by atoms with Gasteiger partial charge in [-0.3, -0.25) is 9.62 Å². The Labute approximate surface area is 289 Å². The van der Waals surface area contributed by atoms with Gasteiger partial charge in [-0.15, -0.1) is 0 Å². The molecule has 0 aliphatic carbocycles. The van der Waals surface area contributed by atoms with Gasteiger partial charge in [0.05, 0.1) is 17.6 Å². The first-order chi connectivity index (χ1) is 23.4. The van der Waals surface area contributed by atoms with Crippen LogP contribution in [0.2, 0.25) is 0 Å². The number of nitrogens with zero attached hydrogens (tertiary/aromatic N) is 1. The monoisotopic (exact) mass is 723 g/mol. The molecule has 3 aromatic carbocycles. The van der Waals surface area contributed by atoms with E-state index < -0.39 is 51.3 Å². The van der Waals surface area contributed by atoms with Gasteiger partial charge in [-0.1, -0.05) is 56.3 Å². The minimum atomic E-state index is -5.30. The maximum Gasteiger partial charge on any atom is 0.490 e. The van der Waals surface area contributed by atoms with Crippen molar-refractivity contribution in [3.05, 3.63) is 89.2 Å². The average Bonchev–Trinajstić information content (AvgIpc) is 3.04. The molecule has 0 bridgehead atoms. The second-order valence-corrected chi connectivity index (χ2v) is 14.4. The lowest BCUT2D eigenvalue weighted by atomic mass is 9.85. The molecule has 10 nitrogen and oxygen atoms in total. The molecular formula is C35H41F4N3O7S. The molecule has 0 saturated carbocycles. The molecule has 0 radical (unpaired) electrons. The highest BCUT2D eigenvalue weighted by molar-refractivity contribution is 7.92. The van der Waals surface area contributed by atoms with Crippen molar-refractivity contribution in [1.29, 1.82) is 0 Å². The van der Waals surface area contributed by atoms with Crippen molar-refractivity contribution in [3.8, 4) is 5.75 Å². The number of hydrogen-bond donors (Lipinski definition) is 2. The third-order valence-corrected chi connectivity index (χ3v) is 9.09. The van der Waals surface area contributed by atoms with Crippen molar-refractivity contribution in [1.82, 2.24) is 5.32 Å². The first-order valence-corrected chi connectivity index (χ1v) is 17.9. The highest BCUT2D eigenvalue weighted by atomic mass is 32.2. The van der Waals surface area contributed by atoms with Gasteiger partial charge in [0.2, 0.25) is 10.0 Å². The molecule has 50 heavy (non-hydrogen) atoms. The number of anilines is 2. The Kier molecular flexibility index (Phi) is 11.7. The normalized spacial score (nSPS) is 15.1. The van der Waals surface area contributed by atoms with E-state index in [0.29, 0.717) is 24.1 Å². The summed E-state index contributed by atoms with van der Waals surface area (Å²) < 4.78 is 97.8. The Balaban J connectivity index is 1.57. The van der Waals surface area contributed by atoms with Crippen LogP contribution in [0.1, 0.15) is 69.8 Å². The van der Waals surface area contributed by atoms with E-state index in [0.717, 1.165) is 11.8 Å². The number of hydrogen-bond acceptors (Lipinski definition) is 8. The number of nitrogens with one attached hydrogen (secondary N) is 2. The zero-order valence-corrected chi connectivity index (χ0v) is 29.2. The highest BCUT2D eigenvalue weighted by Crippen LogP contribution is 2.44. The summed E-state index contributed by atoms with van der Waals surface area (Å²) >= 11 is 0. The molecule has 1 atom stereocenters. The number of halogens is 4. The minimum Gasteiger partial charge on any atom is -0.487 e. The molecular weight excluding hydrogens is 682 g/mol. The Morgan fingerprint density at radius 2 is 1.70 bits per heavy atom. The summed E-state index contributed by atoms with van der Waals surface area (Å²) in [5, 5.41) is 3.10. The second kappa shape index (κ2) is 15.3. The van der Waals surface area contributed by atoms with E-state index in [9.17, 15) is 35.6 Å². The summed E-state index contributed by atoms with van der Waals surface area (Å²) in [6.07, 6.45) is -5.40. The molecule has 0 aromatic heterocycles. The van der Waals surface area contributed by atoms with Crippen LogP contribution in [0.25, 0.3) is 0 Å². The van der Waals surface area contributed by atoms with E-state index in [2.05, 4.69) is 10.0 Å². The average molecular weight is 724 g/mol. The van der Waals surface area contributed by atoms with Gasteiger partial charge >= 0.3 is 18.2 Å². The van der Waals surface area contributed by atoms with Crippen LogP contribution in [0.3, 0.4) is 0 Å². The molecule has 1 unspecified atom stereocenters. The quantitative estimate of drug-likeness (QED) is 0.123. The van der Waals surface area contributed by atoms with Gasteiger partial charge in [0.1, 0.15) is 29.9 Å². The van der Waals surface area contributed by atoms with E-state index in [-0.39, 0.29) is 43.1 Å². The number of sulfonamides is 1. The predicted octanol–water partition coefficient (Wildman–Crippen LogP) is 7.35. The van der Waals surface area contributed by atoms with Crippen LogP contribution in [-0.2, 0) is 36.5 Å². The van der Waals surface area contributed by atoms with Crippen LogP contribution in [0.15, 0.2) is 66.7 Å². The number of amides is 1. The number of carbonyl (C=O) groups is 2. The largest absolute Gasteiger partial charge is 0.490 e. The van der Waals surface area contributed by atoms with Crippen molar-refractivity contribution in [3.63, 3.8) is 0 Å². The SMILES string of the molecule is CCC1(CC)OC(=O)N(CCC(C)(C)NCC(OC(=O)C(F)(F)F)c2ccc(OCc3ccccc3)c(NS(C)(=O)=O)c2)c2cc(F)ccc21.